The highest BCUT2D eigenvalue weighted by atomic mass is 32.2. The fourth-order valence-electron chi connectivity index (χ4n) is 3.28. The Morgan fingerprint density at radius 3 is 2.28 bits per heavy atom. The van der Waals surface area contributed by atoms with Crippen molar-refractivity contribution < 1.29 is 22.7 Å². The van der Waals surface area contributed by atoms with Crippen LogP contribution in [0.4, 0.5) is 5.69 Å². The number of benzene rings is 2. The number of ether oxygens (including phenoxy) is 2. The second-order valence-electron chi connectivity index (χ2n) is 7.17. The van der Waals surface area contributed by atoms with E-state index in [0.29, 0.717) is 36.2 Å². The molecule has 2 aromatic rings. The third-order valence-electron chi connectivity index (χ3n) is 5.12. The first kappa shape index (κ1) is 21.0. The van der Waals surface area contributed by atoms with Gasteiger partial charge in [-0.15, -0.1) is 0 Å². The molecule has 1 aliphatic heterocycles. The molecule has 0 radical (unpaired) electrons. The summed E-state index contributed by atoms with van der Waals surface area (Å²) in [5.41, 5.74) is 0.652. The molecule has 0 unspecified atom stereocenters. The SMILES string of the molecule is COc1ccc(NS(=O)(=O)c2ccc(OC)c(C(=O)N3CCC(C)CC3)c2)cc1. The standard InChI is InChI=1S/C21H26N2O5S/c1-15-10-12-23(13-11-15)21(24)19-14-18(8-9-20(19)28-3)29(25,26)22-16-4-6-17(27-2)7-5-16/h4-9,14-15,22H,10-13H2,1-3H3. The van der Waals surface area contributed by atoms with Crippen molar-refractivity contribution in [1.82, 2.24) is 4.90 Å². The molecule has 1 fully saturated rings. The summed E-state index contributed by atoms with van der Waals surface area (Å²) in [6, 6.07) is 10.9. The molecule has 0 saturated carbocycles. The molecule has 0 spiro atoms. The van der Waals surface area contributed by atoms with Crippen LogP contribution in [0.25, 0.3) is 0 Å². The van der Waals surface area contributed by atoms with Gasteiger partial charge in [0.15, 0.2) is 0 Å². The van der Waals surface area contributed by atoms with Crippen molar-refractivity contribution in [3.63, 3.8) is 0 Å². The van der Waals surface area contributed by atoms with Gasteiger partial charge >= 0.3 is 0 Å². The predicted octanol–water partition coefficient (Wildman–Crippen LogP) is 3.38. The smallest absolute Gasteiger partial charge is 0.261 e. The van der Waals surface area contributed by atoms with Crippen LogP contribution >= 0.6 is 0 Å². The molecule has 1 saturated heterocycles. The Bertz CT molecular complexity index is 965. The molecule has 3 rings (SSSR count). The minimum absolute atomic E-state index is 0.00263. The molecule has 156 valence electrons. The lowest BCUT2D eigenvalue weighted by Gasteiger charge is -2.30. The molecule has 29 heavy (non-hydrogen) atoms. The second-order valence-corrected chi connectivity index (χ2v) is 8.85. The van der Waals surface area contributed by atoms with Gasteiger partial charge in [-0.1, -0.05) is 6.92 Å². The number of piperidine rings is 1. The molecular weight excluding hydrogens is 392 g/mol. The molecule has 1 aliphatic rings. The van der Waals surface area contributed by atoms with E-state index in [-0.39, 0.29) is 16.4 Å². The number of rotatable bonds is 6. The topological polar surface area (TPSA) is 84.9 Å². The normalized spacial score (nSPS) is 15.1. The van der Waals surface area contributed by atoms with E-state index in [1.54, 1.807) is 29.2 Å². The summed E-state index contributed by atoms with van der Waals surface area (Å²) in [5.74, 6) is 1.36. The molecule has 7 nitrogen and oxygen atoms in total. The number of methoxy groups -OCH3 is 2. The number of anilines is 1. The summed E-state index contributed by atoms with van der Waals surface area (Å²) in [6.45, 7) is 3.48. The minimum atomic E-state index is -3.87. The Labute approximate surface area is 171 Å². The van der Waals surface area contributed by atoms with E-state index in [4.69, 9.17) is 9.47 Å². The zero-order chi connectivity index (χ0) is 21.0. The van der Waals surface area contributed by atoms with Crippen molar-refractivity contribution in [2.75, 3.05) is 32.0 Å². The summed E-state index contributed by atoms with van der Waals surface area (Å²) < 4.78 is 38.6. The zero-order valence-corrected chi connectivity index (χ0v) is 17.7. The van der Waals surface area contributed by atoms with Gasteiger partial charge in [0.1, 0.15) is 11.5 Å². The molecule has 8 heteroatoms. The van der Waals surface area contributed by atoms with Crippen LogP contribution in [0, 0.1) is 5.92 Å². The van der Waals surface area contributed by atoms with Crippen molar-refractivity contribution in [2.45, 2.75) is 24.7 Å². The Kier molecular flexibility index (Phi) is 6.32. The average molecular weight is 419 g/mol. The molecule has 1 amide bonds. The highest BCUT2D eigenvalue weighted by Gasteiger charge is 2.26. The molecule has 0 aliphatic carbocycles. The number of sulfonamides is 1. The van der Waals surface area contributed by atoms with Gasteiger partial charge < -0.3 is 14.4 Å². The van der Waals surface area contributed by atoms with Crippen LogP contribution in [0.1, 0.15) is 30.1 Å². The number of carbonyl (C=O) groups is 1. The van der Waals surface area contributed by atoms with Crippen molar-refractivity contribution in [2.24, 2.45) is 5.92 Å². The molecule has 1 N–H and O–H groups in total. The molecular formula is C21H26N2O5S. The van der Waals surface area contributed by atoms with Gasteiger partial charge in [0.2, 0.25) is 0 Å². The van der Waals surface area contributed by atoms with E-state index in [2.05, 4.69) is 11.6 Å². The highest BCUT2D eigenvalue weighted by molar-refractivity contribution is 7.92. The van der Waals surface area contributed by atoms with Crippen LogP contribution in [0.5, 0.6) is 11.5 Å². The lowest BCUT2D eigenvalue weighted by Crippen LogP contribution is -2.38. The summed E-state index contributed by atoms with van der Waals surface area (Å²) in [7, 11) is -0.864. The van der Waals surface area contributed by atoms with Gasteiger partial charge in [-0.2, -0.15) is 0 Å². The fourth-order valence-corrected chi connectivity index (χ4v) is 4.36. The quantitative estimate of drug-likeness (QED) is 0.777. The fraction of sp³-hybridized carbons (Fsp3) is 0.381. The zero-order valence-electron chi connectivity index (χ0n) is 16.8. The van der Waals surface area contributed by atoms with Gasteiger partial charge in [0.25, 0.3) is 15.9 Å². The van der Waals surface area contributed by atoms with E-state index in [9.17, 15) is 13.2 Å². The first-order valence-electron chi connectivity index (χ1n) is 9.48. The first-order valence-corrected chi connectivity index (χ1v) is 11.0. The monoisotopic (exact) mass is 418 g/mol. The van der Waals surface area contributed by atoms with Gasteiger partial charge in [0, 0.05) is 18.8 Å². The number of likely N-dealkylation sites (tertiary alicyclic amines) is 1. The molecule has 0 aromatic heterocycles. The van der Waals surface area contributed by atoms with Gasteiger partial charge in [-0.3, -0.25) is 9.52 Å². The Balaban J connectivity index is 1.87. The van der Waals surface area contributed by atoms with Crippen molar-refractivity contribution in [1.29, 1.82) is 0 Å². The van der Waals surface area contributed by atoms with Crippen molar-refractivity contribution in [3.05, 3.63) is 48.0 Å². The summed E-state index contributed by atoms with van der Waals surface area (Å²) in [6.07, 6.45) is 1.87. The minimum Gasteiger partial charge on any atom is -0.497 e. The average Bonchev–Trinajstić information content (AvgIpc) is 2.73. The van der Waals surface area contributed by atoms with Crippen LogP contribution in [-0.2, 0) is 10.0 Å². The highest BCUT2D eigenvalue weighted by Crippen LogP contribution is 2.27. The molecule has 2 aromatic carbocycles. The lowest BCUT2D eigenvalue weighted by atomic mass is 9.98. The van der Waals surface area contributed by atoms with Crippen LogP contribution in [0.15, 0.2) is 47.4 Å². The summed E-state index contributed by atoms with van der Waals surface area (Å²) >= 11 is 0. The van der Waals surface area contributed by atoms with Crippen LogP contribution in [-0.4, -0.2) is 46.5 Å². The number of nitrogens with one attached hydrogen (secondary N) is 1. The Morgan fingerprint density at radius 1 is 1.03 bits per heavy atom. The van der Waals surface area contributed by atoms with Crippen molar-refractivity contribution >= 4 is 21.6 Å². The third kappa shape index (κ3) is 4.82. The van der Waals surface area contributed by atoms with E-state index in [0.717, 1.165) is 12.8 Å². The molecule has 0 atom stereocenters. The van der Waals surface area contributed by atoms with Crippen LogP contribution < -0.4 is 14.2 Å². The first-order chi connectivity index (χ1) is 13.8. The van der Waals surface area contributed by atoms with Gasteiger partial charge in [-0.25, -0.2) is 8.42 Å². The maximum Gasteiger partial charge on any atom is 0.261 e. The number of carbonyl (C=O) groups excluding carboxylic acids is 1. The van der Waals surface area contributed by atoms with Gasteiger partial charge in [0.05, 0.1) is 24.7 Å². The number of nitrogens with zero attached hydrogens (tertiary/aromatic N) is 1. The largest absolute Gasteiger partial charge is 0.497 e. The van der Waals surface area contributed by atoms with E-state index in [1.165, 1.54) is 32.4 Å². The van der Waals surface area contributed by atoms with Crippen LogP contribution in [0.2, 0.25) is 0 Å². The lowest BCUT2D eigenvalue weighted by molar-refractivity contribution is 0.0693. The maximum absolute atomic E-state index is 13.0. The third-order valence-corrected chi connectivity index (χ3v) is 6.50. The van der Waals surface area contributed by atoms with Gasteiger partial charge in [-0.05, 0) is 61.2 Å². The maximum atomic E-state index is 13.0. The number of amides is 1. The summed E-state index contributed by atoms with van der Waals surface area (Å²) in [4.78, 5) is 14.8. The van der Waals surface area contributed by atoms with E-state index >= 15 is 0 Å². The van der Waals surface area contributed by atoms with Crippen molar-refractivity contribution in [3.8, 4) is 11.5 Å². The molecule has 1 heterocycles. The second kappa shape index (κ2) is 8.73. The predicted molar refractivity (Wildman–Crippen MR) is 111 cm³/mol. The summed E-state index contributed by atoms with van der Waals surface area (Å²) in [5, 5.41) is 0. The number of hydrogen-bond donors (Lipinski definition) is 1. The number of hydrogen-bond acceptors (Lipinski definition) is 5. The van der Waals surface area contributed by atoms with Crippen LogP contribution in [0.3, 0.4) is 0 Å². The van der Waals surface area contributed by atoms with E-state index < -0.39 is 10.0 Å². The Morgan fingerprint density at radius 2 is 1.69 bits per heavy atom. The van der Waals surface area contributed by atoms with E-state index in [1.807, 2.05) is 0 Å². The Hall–Kier alpha value is -2.74. The molecule has 0 bridgehead atoms.